The molecular weight excluding hydrogens is 491 g/mol. The topological polar surface area (TPSA) is 123 Å². The summed E-state index contributed by atoms with van der Waals surface area (Å²) in [4.78, 5) is 40.1. The molecule has 194 valence electrons. The Labute approximate surface area is 217 Å². The van der Waals surface area contributed by atoms with Crippen molar-refractivity contribution in [1.82, 2.24) is 24.7 Å². The molecule has 0 spiro atoms. The number of hydrogen-bond acceptors (Lipinski definition) is 8. The Kier molecular flexibility index (Phi) is 6.45. The molecule has 11 heteroatoms. The maximum absolute atomic E-state index is 14.4. The third-order valence-corrected chi connectivity index (χ3v) is 6.38. The zero-order valence-corrected chi connectivity index (χ0v) is 21.1. The van der Waals surface area contributed by atoms with E-state index in [2.05, 4.69) is 20.1 Å². The number of fused-ring (bicyclic) bond motifs is 2. The number of nitrogens with zero attached hydrogens (tertiary/aromatic N) is 6. The van der Waals surface area contributed by atoms with Gasteiger partial charge in [0.15, 0.2) is 11.5 Å². The quantitative estimate of drug-likeness (QED) is 0.293. The van der Waals surface area contributed by atoms with Crippen LogP contribution in [-0.2, 0) is 26.3 Å². The molecule has 1 aromatic carbocycles. The molecule has 0 bridgehead atoms. The summed E-state index contributed by atoms with van der Waals surface area (Å²) < 4.78 is 21.0. The Bertz CT molecular complexity index is 1600. The van der Waals surface area contributed by atoms with Gasteiger partial charge in [-0.15, -0.1) is 0 Å². The van der Waals surface area contributed by atoms with Gasteiger partial charge in [-0.2, -0.15) is 5.10 Å². The highest BCUT2D eigenvalue weighted by Gasteiger charge is 2.47. The Hall–Kier alpha value is -4.51. The number of benzene rings is 1. The second-order valence-electron chi connectivity index (χ2n) is 9.19. The van der Waals surface area contributed by atoms with E-state index >= 15 is 0 Å². The molecule has 4 heterocycles. The molecular formula is C27H25FN6O4. The van der Waals surface area contributed by atoms with Crippen molar-refractivity contribution < 1.29 is 23.8 Å². The summed E-state index contributed by atoms with van der Waals surface area (Å²) >= 11 is 0. The molecule has 5 rings (SSSR count). The number of halogens is 1. The fraction of sp³-hybridized carbons (Fsp3) is 0.259. The summed E-state index contributed by atoms with van der Waals surface area (Å²) in [5, 5.41) is 15.3. The SMILES string of the molecule is CCOC(=O)C=Cc1nc(-c2nn(Cc3ccccc3F)c3ncccc23)nc2c1C(C)(C)C(=O)N2CO. The highest BCUT2D eigenvalue weighted by molar-refractivity contribution is 6.08. The third-order valence-electron chi connectivity index (χ3n) is 6.38. The van der Waals surface area contributed by atoms with Gasteiger partial charge in [0, 0.05) is 23.4 Å². The smallest absolute Gasteiger partial charge is 0.330 e. The highest BCUT2D eigenvalue weighted by atomic mass is 19.1. The number of ether oxygens (including phenoxy) is 1. The number of hydrogen-bond donors (Lipinski definition) is 1. The molecule has 1 aliphatic heterocycles. The molecule has 0 radical (unpaired) electrons. The van der Waals surface area contributed by atoms with Crippen LogP contribution < -0.4 is 4.90 Å². The Morgan fingerprint density at radius 2 is 1.97 bits per heavy atom. The maximum Gasteiger partial charge on any atom is 0.330 e. The van der Waals surface area contributed by atoms with Crippen molar-refractivity contribution in [1.29, 1.82) is 0 Å². The van der Waals surface area contributed by atoms with Crippen LogP contribution in [0.2, 0.25) is 0 Å². The Balaban J connectivity index is 1.71. The monoisotopic (exact) mass is 516 g/mol. The first-order valence-electron chi connectivity index (χ1n) is 12.0. The van der Waals surface area contributed by atoms with Crippen LogP contribution in [0.25, 0.3) is 28.6 Å². The number of aliphatic hydroxyl groups excluding tert-OH is 1. The molecule has 38 heavy (non-hydrogen) atoms. The predicted molar refractivity (Wildman–Crippen MR) is 137 cm³/mol. The lowest BCUT2D eigenvalue weighted by atomic mass is 9.85. The van der Waals surface area contributed by atoms with Gasteiger partial charge < -0.3 is 9.84 Å². The lowest BCUT2D eigenvalue weighted by Crippen LogP contribution is -2.36. The minimum Gasteiger partial charge on any atom is -0.463 e. The number of pyridine rings is 1. The zero-order valence-electron chi connectivity index (χ0n) is 21.1. The fourth-order valence-electron chi connectivity index (χ4n) is 4.57. The Morgan fingerprint density at radius 1 is 1.18 bits per heavy atom. The second kappa shape index (κ2) is 9.75. The molecule has 1 amide bonds. The van der Waals surface area contributed by atoms with Gasteiger partial charge in [-0.05, 0) is 45.0 Å². The number of carbonyl (C=O) groups is 2. The average molecular weight is 517 g/mol. The summed E-state index contributed by atoms with van der Waals surface area (Å²) in [5.74, 6) is -0.915. The van der Waals surface area contributed by atoms with Crippen molar-refractivity contribution >= 4 is 34.8 Å². The van der Waals surface area contributed by atoms with Crippen LogP contribution in [0.3, 0.4) is 0 Å². The van der Waals surface area contributed by atoms with Gasteiger partial charge in [0.25, 0.3) is 0 Å². The number of amides is 1. The predicted octanol–water partition coefficient (Wildman–Crippen LogP) is 3.23. The first-order valence-corrected chi connectivity index (χ1v) is 12.0. The Morgan fingerprint density at radius 3 is 2.71 bits per heavy atom. The minimum atomic E-state index is -1.06. The fourth-order valence-corrected chi connectivity index (χ4v) is 4.57. The number of aromatic nitrogens is 5. The number of esters is 1. The van der Waals surface area contributed by atoms with Crippen LogP contribution in [-0.4, -0.2) is 55.1 Å². The molecule has 1 aliphatic rings. The molecule has 3 aromatic heterocycles. The van der Waals surface area contributed by atoms with Gasteiger partial charge in [-0.25, -0.2) is 28.8 Å². The van der Waals surface area contributed by atoms with Gasteiger partial charge in [0.1, 0.15) is 24.1 Å². The van der Waals surface area contributed by atoms with E-state index in [1.807, 2.05) is 0 Å². The minimum absolute atomic E-state index is 0.120. The molecule has 4 aromatic rings. The zero-order chi connectivity index (χ0) is 27.0. The van der Waals surface area contributed by atoms with Crippen molar-refractivity contribution in [3.8, 4) is 11.5 Å². The summed E-state index contributed by atoms with van der Waals surface area (Å²) in [6.45, 7) is 4.85. The van der Waals surface area contributed by atoms with Gasteiger partial charge in [-0.1, -0.05) is 18.2 Å². The van der Waals surface area contributed by atoms with Gasteiger partial charge in [0.2, 0.25) is 5.91 Å². The van der Waals surface area contributed by atoms with E-state index in [4.69, 9.17) is 4.74 Å². The number of anilines is 1. The van der Waals surface area contributed by atoms with Crippen LogP contribution in [0.5, 0.6) is 0 Å². The van der Waals surface area contributed by atoms with Crippen LogP contribution in [0, 0.1) is 5.82 Å². The van der Waals surface area contributed by atoms with E-state index in [-0.39, 0.29) is 36.5 Å². The van der Waals surface area contributed by atoms with E-state index in [1.54, 1.807) is 62.0 Å². The van der Waals surface area contributed by atoms with Crippen LogP contribution in [0.15, 0.2) is 48.7 Å². The second-order valence-corrected chi connectivity index (χ2v) is 9.19. The van der Waals surface area contributed by atoms with E-state index in [1.165, 1.54) is 23.1 Å². The summed E-state index contributed by atoms with van der Waals surface area (Å²) in [7, 11) is 0. The summed E-state index contributed by atoms with van der Waals surface area (Å²) in [6, 6.07) is 9.94. The normalized spacial score (nSPS) is 14.4. The van der Waals surface area contributed by atoms with E-state index < -0.39 is 18.1 Å². The average Bonchev–Trinajstić information content (AvgIpc) is 3.36. The molecule has 10 nitrogen and oxygen atoms in total. The van der Waals surface area contributed by atoms with Crippen molar-refractivity contribution in [2.45, 2.75) is 32.7 Å². The number of aliphatic hydroxyl groups is 1. The lowest BCUT2D eigenvalue weighted by Gasteiger charge is -2.17. The maximum atomic E-state index is 14.4. The van der Waals surface area contributed by atoms with Crippen molar-refractivity contribution in [3.05, 3.63) is 71.3 Å². The van der Waals surface area contributed by atoms with Crippen LogP contribution >= 0.6 is 0 Å². The molecule has 0 saturated carbocycles. The highest BCUT2D eigenvalue weighted by Crippen LogP contribution is 2.43. The molecule has 0 atom stereocenters. The van der Waals surface area contributed by atoms with E-state index in [9.17, 15) is 19.1 Å². The molecule has 0 fully saturated rings. The van der Waals surface area contributed by atoms with Gasteiger partial charge >= 0.3 is 5.97 Å². The van der Waals surface area contributed by atoms with Gasteiger partial charge in [0.05, 0.1) is 29.6 Å². The molecule has 0 aliphatic carbocycles. The van der Waals surface area contributed by atoms with Crippen molar-refractivity contribution in [2.24, 2.45) is 0 Å². The van der Waals surface area contributed by atoms with Crippen LogP contribution in [0.4, 0.5) is 10.2 Å². The number of rotatable bonds is 7. The van der Waals surface area contributed by atoms with Gasteiger partial charge in [-0.3, -0.25) is 9.69 Å². The third kappa shape index (κ3) is 4.20. The van der Waals surface area contributed by atoms with E-state index in [0.29, 0.717) is 33.5 Å². The first kappa shape index (κ1) is 25.2. The molecule has 1 N–H and O–H groups in total. The van der Waals surface area contributed by atoms with Crippen LogP contribution in [0.1, 0.15) is 37.6 Å². The lowest BCUT2D eigenvalue weighted by molar-refractivity contribution is -0.137. The molecule has 0 unspecified atom stereocenters. The van der Waals surface area contributed by atoms with Crippen molar-refractivity contribution in [2.75, 3.05) is 18.2 Å². The summed E-state index contributed by atoms with van der Waals surface area (Å²) in [5.41, 5.74) is 1.00. The first-order chi connectivity index (χ1) is 18.3. The largest absolute Gasteiger partial charge is 0.463 e. The molecule has 0 saturated heterocycles. The van der Waals surface area contributed by atoms with E-state index in [0.717, 1.165) is 0 Å². The summed E-state index contributed by atoms with van der Waals surface area (Å²) in [6.07, 6.45) is 4.31. The standard InChI is InChI=1S/C27H25FN6O4/c1-4-38-20(36)12-11-19-21-25(33(15-35)26(37)27(21,2)3)31-23(30-19)22-17-9-7-13-29-24(17)34(32-22)14-16-8-5-6-10-18(16)28/h5-13,35H,4,14-15H2,1-3H3. The number of carbonyl (C=O) groups excluding carboxylic acids is 2. The van der Waals surface area contributed by atoms with Crippen molar-refractivity contribution in [3.63, 3.8) is 0 Å².